The first-order valence-corrected chi connectivity index (χ1v) is 12.0. The van der Waals surface area contributed by atoms with Crippen LogP contribution < -0.4 is 15.5 Å². The molecule has 38 heavy (non-hydrogen) atoms. The van der Waals surface area contributed by atoms with Crippen molar-refractivity contribution in [3.05, 3.63) is 66.6 Å². The Hall–Kier alpha value is -4.12. The monoisotopic (exact) mass is 525 g/mol. The molecule has 2 heterocycles. The second-order valence-corrected chi connectivity index (χ2v) is 9.35. The van der Waals surface area contributed by atoms with E-state index in [0.717, 1.165) is 47.1 Å². The molecule has 0 atom stereocenters. The molecule has 0 unspecified atom stereocenters. The molecule has 0 aliphatic heterocycles. The van der Waals surface area contributed by atoms with Gasteiger partial charge in [-0.2, -0.15) is 18.3 Å². The van der Waals surface area contributed by atoms with Gasteiger partial charge in [-0.15, -0.1) is 0 Å². The summed E-state index contributed by atoms with van der Waals surface area (Å²) < 4.78 is 41.9. The minimum atomic E-state index is -4.53. The lowest BCUT2D eigenvalue weighted by atomic mass is 10.0. The minimum Gasteiger partial charge on any atom is -0.373 e. The van der Waals surface area contributed by atoms with Crippen LogP contribution in [0.15, 0.2) is 61.1 Å². The number of urea groups is 1. The van der Waals surface area contributed by atoms with Gasteiger partial charge in [0, 0.05) is 43.5 Å². The molecule has 0 radical (unpaired) electrons. The van der Waals surface area contributed by atoms with Crippen molar-refractivity contribution in [3.8, 4) is 11.1 Å². The van der Waals surface area contributed by atoms with Gasteiger partial charge in [0.2, 0.25) is 0 Å². The third-order valence-electron chi connectivity index (χ3n) is 6.21. The average Bonchev–Trinajstić information content (AvgIpc) is 3.24. The van der Waals surface area contributed by atoms with E-state index in [4.69, 9.17) is 0 Å². The van der Waals surface area contributed by atoms with Crippen LogP contribution in [0, 0.1) is 0 Å². The van der Waals surface area contributed by atoms with Gasteiger partial charge in [0.25, 0.3) is 0 Å². The van der Waals surface area contributed by atoms with E-state index >= 15 is 0 Å². The van der Waals surface area contributed by atoms with Crippen LogP contribution in [-0.4, -0.2) is 59.9 Å². The number of nitrogens with one attached hydrogen (secondary N) is 2. The lowest BCUT2D eigenvalue weighted by molar-refractivity contribution is -0.137. The number of benzene rings is 2. The van der Waals surface area contributed by atoms with Gasteiger partial charge in [0.1, 0.15) is 0 Å². The average molecular weight is 526 g/mol. The topological polar surface area (TPSA) is 78.3 Å². The van der Waals surface area contributed by atoms with Crippen molar-refractivity contribution in [2.45, 2.75) is 12.6 Å². The molecular formula is C27H30F3N7O. The Kier molecular flexibility index (Phi) is 7.86. The van der Waals surface area contributed by atoms with Crippen LogP contribution in [0.25, 0.3) is 22.0 Å². The van der Waals surface area contributed by atoms with Crippen molar-refractivity contribution in [3.63, 3.8) is 0 Å². The number of hydrogen-bond acceptors (Lipinski definition) is 5. The van der Waals surface area contributed by atoms with Gasteiger partial charge in [-0.1, -0.05) is 12.1 Å². The highest BCUT2D eigenvalue weighted by atomic mass is 19.4. The number of aryl methyl sites for hydroxylation is 1. The summed E-state index contributed by atoms with van der Waals surface area (Å²) in [5.74, 6) is 0. The minimum absolute atomic E-state index is 0.0793. The van der Waals surface area contributed by atoms with Crippen LogP contribution >= 0.6 is 0 Å². The van der Waals surface area contributed by atoms with E-state index < -0.39 is 17.8 Å². The fraction of sp³-hybridized carbons (Fsp3) is 0.296. The Balaban J connectivity index is 1.50. The Morgan fingerprint density at radius 3 is 2.39 bits per heavy atom. The third-order valence-corrected chi connectivity index (χ3v) is 6.21. The fourth-order valence-electron chi connectivity index (χ4n) is 4.20. The number of alkyl halides is 3. The maximum Gasteiger partial charge on any atom is 0.416 e. The number of amides is 2. The predicted octanol–water partition coefficient (Wildman–Crippen LogP) is 5.69. The fourth-order valence-corrected chi connectivity index (χ4v) is 4.20. The molecule has 0 fully saturated rings. The van der Waals surface area contributed by atoms with Gasteiger partial charge < -0.3 is 20.4 Å². The Morgan fingerprint density at radius 2 is 1.71 bits per heavy atom. The molecule has 8 nitrogen and oxygen atoms in total. The predicted molar refractivity (Wildman–Crippen MR) is 144 cm³/mol. The molecule has 0 saturated carbocycles. The summed E-state index contributed by atoms with van der Waals surface area (Å²) in [6, 6.07) is 9.86. The number of carbonyl (C=O) groups is 1. The molecule has 200 valence electrons. The third kappa shape index (κ3) is 6.23. The number of pyridine rings is 1. The number of hydrogen-bond donors (Lipinski definition) is 2. The molecule has 0 bridgehead atoms. The van der Waals surface area contributed by atoms with Crippen molar-refractivity contribution in [1.82, 2.24) is 19.7 Å². The Morgan fingerprint density at radius 1 is 0.974 bits per heavy atom. The summed E-state index contributed by atoms with van der Waals surface area (Å²) in [5, 5.41) is 10.5. The molecule has 4 rings (SSSR count). The summed E-state index contributed by atoms with van der Waals surface area (Å²) in [5.41, 5.74) is 2.92. The van der Waals surface area contributed by atoms with Crippen LogP contribution in [0.3, 0.4) is 0 Å². The number of anilines is 3. The summed E-state index contributed by atoms with van der Waals surface area (Å²) in [6.07, 6.45) is 1.55. The number of halogens is 3. The van der Waals surface area contributed by atoms with Gasteiger partial charge in [-0.25, -0.2) is 4.79 Å². The van der Waals surface area contributed by atoms with Gasteiger partial charge in [0.15, 0.2) is 0 Å². The van der Waals surface area contributed by atoms with E-state index in [2.05, 4.69) is 20.7 Å². The lowest BCUT2D eigenvalue weighted by Gasteiger charge is -2.24. The molecule has 2 aromatic carbocycles. The van der Waals surface area contributed by atoms with Crippen LogP contribution in [0.5, 0.6) is 0 Å². The van der Waals surface area contributed by atoms with Gasteiger partial charge in [-0.05, 0) is 63.0 Å². The van der Waals surface area contributed by atoms with E-state index in [1.165, 1.54) is 6.07 Å². The lowest BCUT2D eigenvalue weighted by Crippen LogP contribution is -2.26. The molecule has 11 heteroatoms. The normalized spacial score (nSPS) is 11.7. The van der Waals surface area contributed by atoms with E-state index in [-0.39, 0.29) is 5.69 Å². The highest BCUT2D eigenvalue weighted by Crippen LogP contribution is 2.35. The van der Waals surface area contributed by atoms with Crippen molar-refractivity contribution in [2.24, 2.45) is 7.05 Å². The number of aromatic nitrogens is 3. The zero-order valence-electron chi connectivity index (χ0n) is 21.7. The van der Waals surface area contributed by atoms with Gasteiger partial charge in [-0.3, -0.25) is 9.67 Å². The molecule has 2 amide bonds. The molecule has 0 aliphatic rings. The molecule has 0 saturated heterocycles. The highest BCUT2D eigenvalue weighted by molar-refractivity contribution is 6.02. The van der Waals surface area contributed by atoms with Crippen molar-refractivity contribution in [1.29, 1.82) is 0 Å². The molecule has 0 aliphatic carbocycles. The molecule has 2 N–H and O–H groups in total. The first-order valence-electron chi connectivity index (χ1n) is 12.0. The molecular weight excluding hydrogens is 495 g/mol. The van der Waals surface area contributed by atoms with Crippen molar-refractivity contribution in [2.75, 3.05) is 49.8 Å². The van der Waals surface area contributed by atoms with E-state index in [1.807, 2.05) is 43.1 Å². The van der Waals surface area contributed by atoms with Crippen LogP contribution in [0.1, 0.15) is 12.0 Å². The number of carbonyl (C=O) groups excluding carboxylic acids is 1. The van der Waals surface area contributed by atoms with Crippen molar-refractivity contribution >= 4 is 34.0 Å². The van der Waals surface area contributed by atoms with E-state index in [0.29, 0.717) is 17.9 Å². The smallest absolute Gasteiger partial charge is 0.373 e. The summed E-state index contributed by atoms with van der Waals surface area (Å²) in [7, 11) is 7.55. The maximum atomic E-state index is 13.4. The Labute approximate surface area is 219 Å². The standard InChI is InChI=1S/C27H30F3N7O/c1-35(2)12-5-13-36(3)24-11-8-19(27(28,29)30)14-23(24)34-26(38)33-20-9-6-18(7-10-20)21-15-31-17-25-22(21)16-32-37(25)4/h6-11,14-17H,5,12-13H2,1-4H3,(H2,33,34,38). The molecule has 2 aromatic heterocycles. The zero-order valence-corrected chi connectivity index (χ0v) is 21.7. The van der Waals surface area contributed by atoms with Crippen LogP contribution in [0.4, 0.5) is 35.0 Å². The largest absolute Gasteiger partial charge is 0.416 e. The Bertz CT molecular complexity index is 1410. The van der Waals surface area contributed by atoms with Crippen molar-refractivity contribution < 1.29 is 18.0 Å². The first kappa shape index (κ1) is 26.9. The van der Waals surface area contributed by atoms with Gasteiger partial charge >= 0.3 is 12.2 Å². The highest BCUT2D eigenvalue weighted by Gasteiger charge is 2.31. The van der Waals surface area contributed by atoms with E-state index in [9.17, 15) is 18.0 Å². The summed E-state index contributed by atoms with van der Waals surface area (Å²) in [4.78, 5) is 21.0. The first-order chi connectivity index (χ1) is 18.0. The maximum absolute atomic E-state index is 13.4. The van der Waals surface area contributed by atoms with Crippen LogP contribution in [0.2, 0.25) is 0 Å². The molecule has 0 spiro atoms. The summed E-state index contributed by atoms with van der Waals surface area (Å²) >= 11 is 0. The van der Waals surface area contributed by atoms with Crippen LogP contribution in [-0.2, 0) is 13.2 Å². The number of nitrogens with zero attached hydrogens (tertiary/aromatic N) is 5. The second kappa shape index (κ2) is 11.1. The van der Waals surface area contributed by atoms with E-state index in [1.54, 1.807) is 42.5 Å². The molecule has 4 aromatic rings. The zero-order chi connectivity index (χ0) is 27.4. The quantitative estimate of drug-likeness (QED) is 0.309. The SMILES string of the molecule is CN(C)CCCN(C)c1ccc(C(F)(F)F)cc1NC(=O)Nc1ccc(-c2cncc3c2cnn3C)cc1. The van der Waals surface area contributed by atoms with Gasteiger partial charge in [0.05, 0.1) is 34.8 Å². The number of fused-ring (bicyclic) bond motifs is 1. The summed E-state index contributed by atoms with van der Waals surface area (Å²) in [6.45, 7) is 1.44. The number of rotatable bonds is 8. The second-order valence-electron chi connectivity index (χ2n) is 9.35.